The standard InChI is InChI=1S/C36H30NO2P/c1-4-12-28(13-5-1)35(29-14-6-2-7-15-29)37(30-18-8-3-9-19-30)40-38-31-20-10-16-26-22-24-36(33(26)31)25-23-27-17-11-21-32(39-40)34(27)36/h1-21,35H,22-25H2. The van der Waals surface area contributed by atoms with Gasteiger partial charge >= 0.3 is 8.53 Å². The Hall–Kier alpha value is -4.07. The van der Waals surface area contributed by atoms with Crippen LogP contribution in [0.1, 0.15) is 52.3 Å². The summed E-state index contributed by atoms with van der Waals surface area (Å²) in [6, 6.07) is 45.2. The molecule has 0 N–H and O–H groups in total. The Morgan fingerprint density at radius 2 is 1.02 bits per heavy atom. The van der Waals surface area contributed by atoms with Gasteiger partial charge < -0.3 is 9.05 Å². The second kappa shape index (κ2) is 9.54. The lowest BCUT2D eigenvalue weighted by Gasteiger charge is -2.40. The summed E-state index contributed by atoms with van der Waals surface area (Å²) < 4.78 is 16.7. The first-order chi connectivity index (χ1) is 19.8. The van der Waals surface area contributed by atoms with E-state index in [-0.39, 0.29) is 11.5 Å². The molecule has 0 radical (unpaired) electrons. The molecule has 0 fully saturated rings. The van der Waals surface area contributed by atoms with Gasteiger partial charge in [0.1, 0.15) is 11.5 Å². The molecule has 0 amide bonds. The first-order valence-corrected chi connectivity index (χ1v) is 15.3. The van der Waals surface area contributed by atoms with Crippen molar-refractivity contribution in [3.8, 4) is 11.5 Å². The smallest absolute Gasteiger partial charge is 0.418 e. The predicted octanol–water partition coefficient (Wildman–Crippen LogP) is 9.16. The summed E-state index contributed by atoms with van der Waals surface area (Å²) in [6.45, 7) is 0. The maximum absolute atomic E-state index is 7.14. The van der Waals surface area contributed by atoms with E-state index in [2.05, 4.69) is 132 Å². The zero-order chi connectivity index (χ0) is 26.5. The first kappa shape index (κ1) is 23.8. The summed E-state index contributed by atoms with van der Waals surface area (Å²) in [5.74, 6) is 1.95. The highest BCUT2D eigenvalue weighted by Crippen LogP contribution is 2.63. The highest BCUT2D eigenvalue weighted by Gasteiger charge is 2.51. The van der Waals surface area contributed by atoms with Gasteiger partial charge in [-0.2, -0.15) is 0 Å². The molecular formula is C36H30NO2P. The average molecular weight is 540 g/mol. The third kappa shape index (κ3) is 3.68. The molecule has 3 aliphatic rings. The topological polar surface area (TPSA) is 21.7 Å². The Morgan fingerprint density at radius 3 is 1.52 bits per heavy atom. The number of para-hydroxylation sites is 1. The second-order valence-corrected chi connectivity index (χ2v) is 12.3. The van der Waals surface area contributed by atoms with Crippen LogP contribution in [0.3, 0.4) is 0 Å². The molecule has 1 aliphatic heterocycles. The molecule has 0 unspecified atom stereocenters. The zero-order valence-electron chi connectivity index (χ0n) is 22.2. The normalized spacial score (nSPS) is 16.3. The van der Waals surface area contributed by atoms with Gasteiger partial charge in [0, 0.05) is 22.2 Å². The maximum Gasteiger partial charge on any atom is 0.418 e. The summed E-state index contributed by atoms with van der Waals surface area (Å²) in [4.78, 5) is 0. The predicted molar refractivity (Wildman–Crippen MR) is 162 cm³/mol. The third-order valence-electron chi connectivity index (χ3n) is 8.85. The van der Waals surface area contributed by atoms with E-state index in [0.29, 0.717) is 0 Å². The number of nitrogens with zero attached hydrogens (tertiary/aromatic N) is 1. The van der Waals surface area contributed by atoms with Gasteiger partial charge in [0.25, 0.3) is 0 Å². The van der Waals surface area contributed by atoms with E-state index in [0.717, 1.165) is 42.9 Å². The van der Waals surface area contributed by atoms with Crippen LogP contribution < -0.4 is 13.7 Å². The Bertz CT molecular complexity index is 1570. The molecule has 196 valence electrons. The third-order valence-corrected chi connectivity index (χ3v) is 10.4. The van der Waals surface area contributed by atoms with E-state index in [1.807, 2.05) is 0 Å². The summed E-state index contributed by atoms with van der Waals surface area (Å²) in [6.07, 6.45) is 4.40. The van der Waals surface area contributed by atoms with Crippen molar-refractivity contribution in [2.24, 2.45) is 0 Å². The van der Waals surface area contributed by atoms with Crippen molar-refractivity contribution in [2.45, 2.75) is 37.1 Å². The molecule has 0 saturated heterocycles. The van der Waals surface area contributed by atoms with Gasteiger partial charge in [-0.05, 0) is 72.2 Å². The number of benzene rings is 5. The molecule has 40 heavy (non-hydrogen) atoms. The van der Waals surface area contributed by atoms with Gasteiger partial charge in [-0.3, -0.25) is 4.67 Å². The molecule has 0 bridgehead atoms. The molecule has 8 rings (SSSR count). The van der Waals surface area contributed by atoms with Crippen LogP contribution in [0.25, 0.3) is 0 Å². The van der Waals surface area contributed by atoms with E-state index in [1.54, 1.807) is 0 Å². The van der Waals surface area contributed by atoms with E-state index in [1.165, 1.54) is 33.4 Å². The first-order valence-electron chi connectivity index (χ1n) is 14.2. The highest BCUT2D eigenvalue weighted by atomic mass is 31.2. The molecule has 3 nitrogen and oxygen atoms in total. The number of hydrogen-bond acceptors (Lipinski definition) is 3. The van der Waals surface area contributed by atoms with Crippen LogP contribution in [0, 0.1) is 0 Å². The minimum Gasteiger partial charge on any atom is -0.422 e. The average Bonchev–Trinajstić information content (AvgIpc) is 3.58. The number of anilines is 1. The van der Waals surface area contributed by atoms with Gasteiger partial charge in [-0.25, -0.2) is 0 Å². The summed E-state index contributed by atoms with van der Waals surface area (Å²) >= 11 is 0. The van der Waals surface area contributed by atoms with E-state index >= 15 is 0 Å². The highest BCUT2D eigenvalue weighted by molar-refractivity contribution is 7.50. The van der Waals surface area contributed by atoms with Crippen molar-refractivity contribution in [3.63, 3.8) is 0 Å². The second-order valence-electron chi connectivity index (χ2n) is 11.0. The zero-order valence-corrected chi connectivity index (χ0v) is 23.1. The van der Waals surface area contributed by atoms with Crippen molar-refractivity contribution >= 4 is 14.2 Å². The van der Waals surface area contributed by atoms with E-state index in [4.69, 9.17) is 9.05 Å². The minimum atomic E-state index is -1.59. The molecule has 0 saturated carbocycles. The Balaban J connectivity index is 1.37. The quantitative estimate of drug-likeness (QED) is 0.208. The van der Waals surface area contributed by atoms with Crippen molar-refractivity contribution in [3.05, 3.63) is 161 Å². The fourth-order valence-corrected chi connectivity index (χ4v) is 8.82. The number of hydrogen-bond donors (Lipinski definition) is 0. The van der Waals surface area contributed by atoms with Crippen LogP contribution >= 0.6 is 8.53 Å². The van der Waals surface area contributed by atoms with Gasteiger partial charge in [0.15, 0.2) is 0 Å². The fraction of sp³-hybridized carbons (Fsp3) is 0.167. The van der Waals surface area contributed by atoms with Gasteiger partial charge in [-0.1, -0.05) is 103 Å². The number of aryl methyl sites for hydroxylation is 2. The van der Waals surface area contributed by atoms with E-state index < -0.39 is 8.53 Å². The molecule has 5 aromatic carbocycles. The molecule has 1 spiro atoms. The van der Waals surface area contributed by atoms with Crippen LogP contribution in [0.15, 0.2) is 127 Å². The van der Waals surface area contributed by atoms with Gasteiger partial charge in [-0.15, -0.1) is 0 Å². The van der Waals surface area contributed by atoms with Gasteiger partial charge in [0.05, 0.1) is 6.04 Å². The van der Waals surface area contributed by atoms with Crippen LogP contribution in [0.2, 0.25) is 0 Å². The molecule has 5 aromatic rings. The fourth-order valence-electron chi connectivity index (χ4n) is 7.19. The van der Waals surface area contributed by atoms with Crippen molar-refractivity contribution in [1.29, 1.82) is 0 Å². The monoisotopic (exact) mass is 539 g/mol. The summed E-state index contributed by atoms with van der Waals surface area (Å²) in [5, 5.41) is 0. The van der Waals surface area contributed by atoms with Crippen molar-refractivity contribution < 1.29 is 9.05 Å². The largest absolute Gasteiger partial charge is 0.422 e. The Kier molecular flexibility index (Phi) is 5.67. The molecule has 0 atom stereocenters. The lowest BCUT2D eigenvalue weighted by molar-refractivity contribution is 0.422. The van der Waals surface area contributed by atoms with Crippen molar-refractivity contribution in [1.82, 2.24) is 0 Å². The molecule has 4 heteroatoms. The molecular weight excluding hydrogens is 509 g/mol. The lowest BCUT2D eigenvalue weighted by Crippen LogP contribution is -2.31. The van der Waals surface area contributed by atoms with E-state index in [9.17, 15) is 0 Å². The Labute approximate surface area is 237 Å². The molecule has 2 aliphatic carbocycles. The number of rotatable bonds is 5. The summed E-state index contributed by atoms with van der Waals surface area (Å²) in [7, 11) is -1.59. The summed E-state index contributed by atoms with van der Waals surface area (Å²) in [5.41, 5.74) is 9.06. The maximum atomic E-state index is 7.14. The minimum absolute atomic E-state index is 0.0187. The van der Waals surface area contributed by atoms with Gasteiger partial charge in [0.2, 0.25) is 0 Å². The van der Waals surface area contributed by atoms with Crippen LogP contribution in [0.4, 0.5) is 5.69 Å². The van der Waals surface area contributed by atoms with Crippen molar-refractivity contribution in [2.75, 3.05) is 4.67 Å². The Morgan fingerprint density at radius 1 is 0.550 bits per heavy atom. The molecule has 1 heterocycles. The van der Waals surface area contributed by atoms with Crippen LogP contribution in [-0.4, -0.2) is 0 Å². The molecule has 0 aromatic heterocycles. The SMILES string of the molecule is c1ccc(C(c2ccccc2)N(c2ccccc2)P2Oc3cccc4c3C3(CC4)CCc4cccc(c43)O2)cc1. The van der Waals surface area contributed by atoms with Crippen LogP contribution in [0.5, 0.6) is 11.5 Å². The van der Waals surface area contributed by atoms with Crippen LogP contribution in [-0.2, 0) is 18.3 Å². The lowest BCUT2D eigenvalue weighted by atomic mass is 9.76.